The predicted octanol–water partition coefficient (Wildman–Crippen LogP) is 1.85. The number of carbonyl (C=O) groups excluding carboxylic acids is 3. The van der Waals surface area contributed by atoms with Crippen LogP contribution >= 0.6 is 0 Å². The van der Waals surface area contributed by atoms with E-state index in [1.807, 2.05) is 26.8 Å². The maximum Gasteiger partial charge on any atom is 0.410 e. The molecule has 5 atom stereocenters. The van der Waals surface area contributed by atoms with Gasteiger partial charge < -0.3 is 19.1 Å². The maximum absolute atomic E-state index is 13.3. The summed E-state index contributed by atoms with van der Waals surface area (Å²) in [6, 6.07) is -0.528. The molecule has 8 heteroatoms. The molecule has 0 unspecified atom stereocenters. The zero-order valence-corrected chi connectivity index (χ0v) is 17.1. The van der Waals surface area contributed by atoms with Crippen molar-refractivity contribution in [3.05, 3.63) is 24.3 Å². The number of fused-ring (bicyclic) bond motifs is 3. The number of rotatable bonds is 5. The van der Waals surface area contributed by atoms with Gasteiger partial charge in [0.15, 0.2) is 0 Å². The molecule has 29 heavy (non-hydrogen) atoms. The van der Waals surface area contributed by atoms with Crippen LogP contribution in [0.3, 0.4) is 0 Å². The summed E-state index contributed by atoms with van der Waals surface area (Å²) in [5.41, 5.74) is 0.0931. The Bertz CT molecular complexity index is 775. The summed E-state index contributed by atoms with van der Waals surface area (Å²) in [6.45, 7) is 10.1. The fourth-order valence-corrected chi connectivity index (χ4v) is 4.89. The first-order valence-corrected chi connectivity index (χ1v) is 10.2. The third-order valence-electron chi connectivity index (χ3n) is 6.16. The van der Waals surface area contributed by atoms with Crippen LogP contribution in [0.2, 0.25) is 0 Å². The number of carbonyl (C=O) groups is 3. The van der Waals surface area contributed by atoms with Crippen LogP contribution in [0.1, 0.15) is 33.6 Å². The van der Waals surface area contributed by atoms with Crippen molar-refractivity contribution >= 4 is 18.0 Å². The SMILES string of the molecule is C=CCOC(=O)N1CC(C)=C[C@]2(C)O[C@H]3[C@H](C(=O)N(CC)[C@H]3OC(=O)C3CC3)[C@H]12. The first kappa shape index (κ1) is 19.9. The van der Waals surface area contributed by atoms with Crippen LogP contribution in [0.4, 0.5) is 4.79 Å². The van der Waals surface area contributed by atoms with E-state index >= 15 is 0 Å². The average molecular weight is 404 g/mol. The summed E-state index contributed by atoms with van der Waals surface area (Å²) in [6.07, 6.45) is 3.22. The average Bonchev–Trinajstić information content (AvgIpc) is 3.43. The molecule has 0 aromatic carbocycles. The van der Waals surface area contributed by atoms with Crippen molar-refractivity contribution in [1.82, 2.24) is 9.80 Å². The van der Waals surface area contributed by atoms with Gasteiger partial charge >= 0.3 is 12.1 Å². The normalized spacial score (nSPS) is 35.7. The van der Waals surface area contributed by atoms with Crippen molar-refractivity contribution in [3.8, 4) is 0 Å². The Morgan fingerprint density at radius 1 is 1.41 bits per heavy atom. The van der Waals surface area contributed by atoms with Gasteiger partial charge in [0.25, 0.3) is 0 Å². The summed E-state index contributed by atoms with van der Waals surface area (Å²) in [7, 11) is 0. The van der Waals surface area contributed by atoms with Crippen LogP contribution in [0, 0.1) is 11.8 Å². The topological polar surface area (TPSA) is 85.4 Å². The zero-order chi connectivity index (χ0) is 20.9. The van der Waals surface area contributed by atoms with Crippen LogP contribution in [-0.4, -0.2) is 71.4 Å². The van der Waals surface area contributed by atoms with Gasteiger partial charge in [-0.25, -0.2) is 4.79 Å². The van der Waals surface area contributed by atoms with Gasteiger partial charge in [-0.1, -0.05) is 24.3 Å². The number of ether oxygens (including phenoxy) is 3. The van der Waals surface area contributed by atoms with E-state index in [9.17, 15) is 14.4 Å². The molecule has 0 aromatic heterocycles. The number of likely N-dealkylation sites (N-methyl/N-ethyl adjacent to an activating group) is 1. The standard InChI is InChI=1S/C21H28N2O6/c1-5-9-27-20(26)23-11-12(3)10-21(4)16(23)14-15(29-21)18(22(6-2)17(14)24)28-19(25)13-7-8-13/h5,10,13-16,18H,1,6-9,11H2,2-4H3/t14-,15-,16-,18-,21-/m0/s1. The van der Waals surface area contributed by atoms with Gasteiger partial charge in [0.2, 0.25) is 12.1 Å². The third kappa shape index (κ3) is 3.23. The second-order valence-corrected chi connectivity index (χ2v) is 8.45. The molecular formula is C21H28N2O6. The molecule has 2 saturated heterocycles. The van der Waals surface area contributed by atoms with Gasteiger partial charge in [0, 0.05) is 13.1 Å². The van der Waals surface area contributed by atoms with Crippen LogP contribution in [-0.2, 0) is 23.8 Å². The fraction of sp³-hybridized carbons (Fsp3) is 0.667. The lowest BCUT2D eigenvalue weighted by Crippen LogP contribution is -2.58. The van der Waals surface area contributed by atoms with Crippen molar-refractivity contribution in [2.75, 3.05) is 19.7 Å². The summed E-state index contributed by atoms with van der Waals surface area (Å²) in [4.78, 5) is 41.5. The van der Waals surface area contributed by atoms with E-state index in [-0.39, 0.29) is 24.4 Å². The molecule has 3 fully saturated rings. The van der Waals surface area contributed by atoms with Gasteiger partial charge in [0.1, 0.15) is 18.3 Å². The molecule has 8 nitrogen and oxygen atoms in total. The monoisotopic (exact) mass is 404 g/mol. The van der Waals surface area contributed by atoms with Gasteiger partial charge in [-0.15, -0.1) is 0 Å². The predicted molar refractivity (Wildman–Crippen MR) is 103 cm³/mol. The second kappa shape index (κ2) is 7.16. The number of hydrogen-bond acceptors (Lipinski definition) is 6. The molecule has 4 rings (SSSR count). The highest BCUT2D eigenvalue weighted by molar-refractivity contribution is 5.86. The Morgan fingerprint density at radius 2 is 2.14 bits per heavy atom. The number of likely N-dealkylation sites (tertiary alicyclic amines) is 1. The molecule has 0 bridgehead atoms. The molecular weight excluding hydrogens is 376 g/mol. The number of amides is 2. The highest BCUT2D eigenvalue weighted by atomic mass is 16.6. The van der Waals surface area contributed by atoms with Crippen LogP contribution in [0.15, 0.2) is 24.3 Å². The zero-order valence-electron chi connectivity index (χ0n) is 17.1. The van der Waals surface area contributed by atoms with E-state index in [0.29, 0.717) is 13.1 Å². The summed E-state index contributed by atoms with van der Waals surface area (Å²) in [5, 5.41) is 0. The minimum atomic E-state index is -0.857. The van der Waals surface area contributed by atoms with Crippen molar-refractivity contribution in [2.45, 2.75) is 57.6 Å². The van der Waals surface area contributed by atoms with Crippen molar-refractivity contribution in [3.63, 3.8) is 0 Å². The van der Waals surface area contributed by atoms with Crippen LogP contribution in [0.5, 0.6) is 0 Å². The molecule has 1 aliphatic carbocycles. The van der Waals surface area contributed by atoms with Crippen LogP contribution < -0.4 is 0 Å². The van der Waals surface area contributed by atoms with Crippen molar-refractivity contribution < 1.29 is 28.6 Å². The smallest absolute Gasteiger partial charge is 0.410 e. The quantitative estimate of drug-likeness (QED) is 0.514. The van der Waals surface area contributed by atoms with Crippen LogP contribution in [0.25, 0.3) is 0 Å². The van der Waals surface area contributed by atoms with E-state index in [4.69, 9.17) is 14.2 Å². The largest absolute Gasteiger partial charge is 0.445 e. The van der Waals surface area contributed by atoms with E-state index in [2.05, 4.69) is 6.58 Å². The Balaban J connectivity index is 1.66. The van der Waals surface area contributed by atoms with E-state index in [0.717, 1.165) is 18.4 Å². The van der Waals surface area contributed by atoms with Gasteiger partial charge in [0.05, 0.1) is 17.9 Å². The van der Waals surface area contributed by atoms with E-state index in [1.54, 1.807) is 9.80 Å². The van der Waals surface area contributed by atoms with Gasteiger partial charge in [-0.2, -0.15) is 0 Å². The first-order valence-electron chi connectivity index (χ1n) is 10.2. The number of hydrogen-bond donors (Lipinski definition) is 0. The number of esters is 1. The highest BCUT2D eigenvalue weighted by Crippen LogP contribution is 2.49. The fourth-order valence-electron chi connectivity index (χ4n) is 4.89. The lowest BCUT2D eigenvalue weighted by atomic mass is 9.82. The lowest BCUT2D eigenvalue weighted by molar-refractivity contribution is -0.175. The molecule has 2 amide bonds. The van der Waals surface area contributed by atoms with Crippen molar-refractivity contribution in [2.24, 2.45) is 11.8 Å². The Morgan fingerprint density at radius 3 is 2.76 bits per heavy atom. The Kier molecular flexibility index (Phi) is 4.93. The molecule has 0 spiro atoms. The minimum Gasteiger partial charge on any atom is -0.445 e. The summed E-state index contributed by atoms with van der Waals surface area (Å²) < 4.78 is 17.4. The maximum atomic E-state index is 13.3. The summed E-state index contributed by atoms with van der Waals surface area (Å²) in [5.74, 6) is -1.12. The Hall–Kier alpha value is -2.35. The molecule has 0 N–H and O–H groups in total. The molecule has 3 aliphatic heterocycles. The first-order chi connectivity index (χ1) is 13.8. The van der Waals surface area contributed by atoms with Gasteiger partial charge in [-0.3, -0.25) is 14.5 Å². The second-order valence-electron chi connectivity index (χ2n) is 8.45. The summed E-state index contributed by atoms with van der Waals surface area (Å²) >= 11 is 0. The van der Waals surface area contributed by atoms with E-state index in [1.165, 1.54) is 6.08 Å². The third-order valence-corrected chi connectivity index (χ3v) is 6.16. The van der Waals surface area contributed by atoms with E-state index < -0.39 is 36.0 Å². The lowest BCUT2D eigenvalue weighted by Gasteiger charge is -2.42. The molecule has 1 saturated carbocycles. The van der Waals surface area contributed by atoms with Gasteiger partial charge in [-0.05, 0) is 33.6 Å². The minimum absolute atomic E-state index is 0.0744. The molecule has 158 valence electrons. The molecule has 0 radical (unpaired) electrons. The van der Waals surface area contributed by atoms with Crippen molar-refractivity contribution in [1.29, 1.82) is 0 Å². The molecule has 0 aromatic rings. The molecule has 4 aliphatic rings. The number of nitrogens with zero attached hydrogens (tertiary/aromatic N) is 2. The Labute approximate surface area is 170 Å². The highest BCUT2D eigenvalue weighted by Gasteiger charge is 2.67. The molecule has 3 heterocycles.